The lowest BCUT2D eigenvalue weighted by Gasteiger charge is -2.29. The molecule has 0 bridgehead atoms. The fourth-order valence-corrected chi connectivity index (χ4v) is 2.70. The molecule has 1 rings (SSSR count). The molecule has 0 N–H and O–H groups in total. The second-order valence-corrected chi connectivity index (χ2v) is 5.49. The van der Waals surface area contributed by atoms with Crippen LogP contribution < -0.4 is 0 Å². The molecule has 1 saturated carbocycles. The summed E-state index contributed by atoms with van der Waals surface area (Å²) in [4.78, 5) is 11.5. The molecule has 0 heterocycles. The van der Waals surface area contributed by atoms with Gasteiger partial charge in [-0.1, -0.05) is 31.1 Å². The molecule has 0 aromatic rings. The van der Waals surface area contributed by atoms with E-state index in [4.69, 9.17) is 4.74 Å². The molecular formula is C16H26O2. The Balaban J connectivity index is 2.95. The largest absolute Gasteiger partial charge is 0.466 e. The van der Waals surface area contributed by atoms with Gasteiger partial charge in [0.05, 0.1) is 7.11 Å². The summed E-state index contributed by atoms with van der Waals surface area (Å²) in [6, 6.07) is 0. The minimum absolute atomic E-state index is 0.206. The van der Waals surface area contributed by atoms with Crippen molar-refractivity contribution in [2.45, 2.75) is 53.4 Å². The second kappa shape index (κ2) is 6.77. The van der Waals surface area contributed by atoms with E-state index in [-0.39, 0.29) is 5.97 Å². The van der Waals surface area contributed by atoms with E-state index < -0.39 is 0 Å². The number of ether oxygens (including phenoxy) is 1. The lowest BCUT2D eigenvalue weighted by atomic mass is 9.76. The summed E-state index contributed by atoms with van der Waals surface area (Å²) in [7, 11) is 1.44. The maximum absolute atomic E-state index is 11.5. The molecular weight excluding hydrogens is 224 g/mol. The van der Waals surface area contributed by atoms with Crippen molar-refractivity contribution in [3.63, 3.8) is 0 Å². The number of allylic oxidation sites excluding steroid dienone is 3. The highest BCUT2D eigenvalue weighted by Gasteiger charge is 2.23. The summed E-state index contributed by atoms with van der Waals surface area (Å²) < 4.78 is 4.77. The monoisotopic (exact) mass is 250 g/mol. The van der Waals surface area contributed by atoms with Crippen LogP contribution in [0.4, 0.5) is 0 Å². The second-order valence-electron chi connectivity index (χ2n) is 5.49. The Morgan fingerprint density at radius 2 is 2.06 bits per heavy atom. The third kappa shape index (κ3) is 3.72. The van der Waals surface area contributed by atoms with Crippen LogP contribution in [0.15, 0.2) is 22.8 Å². The van der Waals surface area contributed by atoms with Crippen LogP contribution in [0.2, 0.25) is 0 Å². The highest BCUT2D eigenvalue weighted by molar-refractivity contribution is 5.87. The van der Waals surface area contributed by atoms with Gasteiger partial charge < -0.3 is 4.74 Å². The quantitative estimate of drug-likeness (QED) is 0.425. The molecule has 2 atom stereocenters. The van der Waals surface area contributed by atoms with Crippen LogP contribution in [-0.2, 0) is 9.53 Å². The Bertz CT molecular complexity index is 363. The van der Waals surface area contributed by atoms with Crippen LogP contribution in [0.1, 0.15) is 53.4 Å². The Morgan fingerprint density at radius 3 is 2.61 bits per heavy atom. The fraction of sp³-hybridized carbons (Fsp3) is 0.688. The van der Waals surface area contributed by atoms with Crippen LogP contribution in [0.25, 0.3) is 0 Å². The van der Waals surface area contributed by atoms with E-state index in [1.54, 1.807) is 5.57 Å². The van der Waals surface area contributed by atoms with Gasteiger partial charge in [0, 0.05) is 5.57 Å². The molecule has 0 spiro atoms. The van der Waals surface area contributed by atoms with Crippen molar-refractivity contribution in [2.75, 3.05) is 7.11 Å². The predicted octanol–water partition coefficient (Wildman–Crippen LogP) is 4.27. The van der Waals surface area contributed by atoms with Crippen molar-refractivity contribution >= 4 is 5.97 Å². The molecule has 0 aromatic heterocycles. The topological polar surface area (TPSA) is 26.3 Å². The lowest BCUT2D eigenvalue weighted by Crippen LogP contribution is -2.17. The molecule has 0 amide bonds. The van der Waals surface area contributed by atoms with Crippen molar-refractivity contribution < 1.29 is 9.53 Å². The van der Waals surface area contributed by atoms with E-state index in [9.17, 15) is 4.79 Å². The highest BCUT2D eigenvalue weighted by atomic mass is 16.5. The maximum Gasteiger partial charge on any atom is 0.333 e. The summed E-state index contributed by atoms with van der Waals surface area (Å²) in [6.07, 6.45) is 6.78. The molecule has 0 unspecified atom stereocenters. The van der Waals surface area contributed by atoms with E-state index >= 15 is 0 Å². The summed E-state index contributed by atoms with van der Waals surface area (Å²) in [5.74, 6) is 0.993. The predicted molar refractivity (Wildman–Crippen MR) is 75.3 cm³/mol. The Hall–Kier alpha value is -1.05. The molecule has 102 valence electrons. The summed E-state index contributed by atoms with van der Waals surface area (Å²) in [5, 5.41) is 0. The first-order valence-corrected chi connectivity index (χ1v) is 6.94. The lowest BCUT2D eigenvalue weighted by molar-refractivity contribution is -0.136. The first kappa shape index (κ1) is 15.0. The van der Waals surface area contributed by atoms with E-state index in [0.29, 0.717) is 5.92 Å². The Labute approximate surface area is 111 Å². The smallest absolute Gasteiger partial charge is 0.333 e. The number of hydrogen-bond donors (Lipinski definition) is 0. The molecule has 2 nitrogen and oxygen atoms in total. The normalized spacial score (nSPS) is 27.9. The maximum atomic E-state index is 11.5. The molecule has 1 aliphatic rings. The van der Waals surface area contributed by atoms with E-state index in [0.717, 1.165) is 24.3 Å². The van der Waals surface area contributed by atoms with Crippen molar-refractivity contribution in [1.29, 1.82) is 0 Å². The van der Waals surface area contributed by atoms with Crippen molar-refractivity contribution in [3.05, 3.63) is 22.8 Å². The zero-order chi connectivity index (χ0) is 13.7. The number of methoxy groups -OCH3 is 1. The van der Waals surface area contributed by atoms with Crippen LogP contribution in [0.3, 0.4) is 0 Å². The summed E-state index contributed by atoms with van der Waals surface area (Å²) in [5.41, 5.74) is 3.76. The van der Waals surface area contributed by atoms with Gasteiger partial charge in [0.15, 0.2) is 0 Å². The van der Waals surface area contributed by atoms with Gasteiger partial charge in [-0.05, 0) is 51.4 Å². The van der Waals surface area contributed by atoms with Crippen molar-refractivity contribution in [1.82, 2.24) is 0 Å². The van der Waals surface area contributed by atoms with Crippen LogP contribution >= 0.6 is 0 Å². The van der Waals surface area contributed by atoms with Gasteiger partial charge >= 0.3 is 5.97 Å². The number of hydrogen-bond acceptors (Lipinski definition) is 2. The summed E-state index contributed by atoms with van der Waals surface area (Å²) in [6.45, 7) is 8.59. The SMILES string of the molecule is CC/C(C)=C1\C[C@H](C)CC[C@H]1/C=C(\C)C(=O)OC. The molecule has 0 aromatic carbocycles. The average molecular weight is 250 g/mol. The highest BCUT2D eigenvalue weighted by Crippen LogP contribution is 2.37. The minimum atomic E-state index is -0.206. The third-order valence-electron chi connectivity index (χ3n) is 4.02. The standard InChI is InChI=1S/C16H26O2/c1-6-12(3)15-9-11(2)7-8-14(15)10-13(4)16(17)18-5/h10-11,14H,6-9H2,1-5H3/b13-10+,15-12+/t11-,14+/m1/s1. The van der Waals surface area contributed by atoms with E-state index in [1.165, 1.54) is 25.5 Å². The van der Waals surface area contributed by atoms with Crippen LogP contribution in [0.5, 0.6) is 0 Å². The van der Waals surface area contributed by atoms with Gasteiger partial charge in [-0.15, -0.1) is 0 Å². The first-order valence-electron chi connectivity index (χ1n) is 6.94. The van der Waals surface area contributed by atoms with Gasteiger partial charge in [0.1, 0.15) is 0 Å². The third-order valence-corrected chi connectivity index (χ3v) is 4.02. The van der Waals surface area contributed by atoms with Gasteiger partial charge in [-0.3, -0.25) is 0 Å². The molecule has 0 aliphatic heterocycles. The number of carbonyl (C=O) groups is 1. The van der Waals surface area contributed by atoms with E-state index in [2.05, 4.69) is 26.8 Å². The van der Waals surface area contributed by atoms with Gasteiger partial charge in [-0.25, -0.2) is 4.79 Å². The zero-order valence-electron chi connectivity index (χ0n) is 12.4. The van der Waals surface area contributed by atoms with Crippen LogP contribution in [0, 0.1) is 11.8 Å². The molecule has 1 aliphatic carbocycles. The number of carbonyl (C=O) groups excluding carboxylic acids is 1. The number of rotatable bonds is 3. The Kier molecular flexibility index (Phi) is 5.64. The molecule has 2 heteroatoms. The molecule has 0 saturated heterocycles. The average Bonchev–Trinajstić information content (AvgIpc) is 2.38. The molecule has 0 radical (unpaired) electrons. The first-order chi connectivity index (χ1) is 8.49. The van der Waals surface area contributed by atoms with Crippen molar-refractivity contribution in [3.8, 4) is 0 Å². The summed E-state index contributed by atoms with van der Waals surface area (Å²) >= 11 is 0. The Morgan fingerprint density at radius 1 is 1.39 bits per heavy atom. The van der Waals surface area contributed by atoms with Crippen LogP contribution in [-0.4, -0.2) is 13.1 Å². The number of esters is 1. The fourth-order valence-electron chi connectivity index (χ4n) is 2.70. The molecule has 18 heavy (non-hydrogen) atoms. The molecule has 1 fully saturated rings. The van der Waals surface area contributed by atoms with E-state index in [1.807, 2.05) is 6.92 Å². The minimum Gasteiger partial charge on any atom is -0.466 e. The van der Waals surface area contributed by atoms with Gasteiger partial charge in [-0.2, -0.15) is 0 Å². The van der Waals surface area contributed by atoms with Gasteiger partial charge in [0.2, 0.25) is 0 Å². The van der Waals surface area contributed by atoms with Crippen molar-refractivity contribution in [2.24, 2.45) is 11.8 Å². The zero-order valence-corrected chi connectivity index (χ0v) is 12.4. The van der Waals surface area contributed by atoms with Gasteiger partial charge in [0.25, 0.3) is 0 Å².